The second-order valence-electron chi connectivity index (χ2n) is 8.64. The van der Waals surface area contributed by atoms with Crippen LogP contribution in [0.3, 0.4) is 0 Å². The van der Waals surface area contributed by atoms with Crippen LogP contribution in [0, 0.1) is 0 Å². The fourth-order valence-electron chi connectivity index (χ4n) is 3.81. The average Bonchev–Trinajstić information content (AvgIpc) is 3.58. The van der Waals surface area contributed by atoms with Gasteiger partial charge in [0.05, 0.1) is 19.1 Å². The van der Waals surface area contributed by atoms with Crippen molar-refractivity contribution in [1.29, 1.82) is 0 Å². The van der Waals surface area contributed by atoms with E-state index in [1.165, 1.54) is 16.7 Å². The first-order valence-corrected chi connectivity index (χ1v) is 11.9. The van der Waals surface area contributed by atoms with Crippen LogP contribution in [-0.2, 0) is 4.79 Å². The number of rotatable bonds is 9. The van der Waals surface area contributed by atoms with Gasteiger partial charge in [0.15, 0.2) is 5.76 Å². The van der Waals surface area contributed by atoms with Gasteiger partial charge in [-0.2, -0.15) is 0 Å². The highest BCUT2D eigenvalue weighted by Gasteiger charge is 2.21. The van der Waals surface area contributed by atoms with Crippen molar-refractivity contribution >= 4 is 17.8 Å². The van der Waals surface area contributed by atoms with Gasteiger partial charge in [-0.1, -0.05) is 26.0 Å². The number of ether oxygens (including phenoxy) is 1. The summed E-state index contributed by atoms with van der Waals surface area (Å²) in [7, 11) is 1.62. The molecule has 2 aromatic heterocycles. The van der Waals surface area contributed by atoms with E-state index in [1.807, 2.05) is 54.1 Å². The Morgan fingerprint density at radius 3 is 2.39 bits per heavy atom. The van der Waals surface area contributed by atoms with Gasteiger partial charge in [0.1, 0.15) is 12.3 Å². The Balaban J connectivity index is 1.62. The molecule has 2 amide bonds. The number of methoxy groups -OCH3 is 1. The van der Waals surface area contributed by atoms with Gasteiger partial charge >= 0.3 is 0 Å². The number of furan rings is 1. The zero-order valence-electron chi connectivity index (χ0n) is 20.9. The monoisotopic (exact) mass is 486 g/mol. The maximum Gasteiger partial charge on any atom is 0.290 e. The van der Waals surface area contributed by atoms with Crippen LogP contribution in [0.1, 0.15) is 42.8 Å². The quantitative estimate of drug-likeness (QED) is 0.344. The van der Waals surface area contributed by atoms with Crippen molar-refractivity contribution in [2.45, 2.75) is 26.7 Å². The third kappa shape index (κ3) is 5.49. The van der Waals surface area contributed by atoms with Crippen LogP contribution in [0.15, 0.2) is 77.5 Å². The fourth-order valence-corrected chi connectivity index (χ4v) is 3.81. The predicted molar refractivity (Wildman–Crippen MR) is 139 cm³/mol. The number of nitrogens with one attached hydrogen (secondary N) is 1. The number of hydrogen-bond acceptors (Lipinski definition) is 5. The van der Waals surface area contributed by atoms with Gasteiger partial charge in [-0.05, 0) is 66.9 Å². The summed E-state index contributed by atoms with van der Waals surface area (Å²) in [6.07, 6.45) is 3.32. The zero-order chi connectivity index (χ0) is 25.7. The number of amides is 2. The molecule has 0 fully saturated rings. The molecule has 0 spiro atoms. The molecule has 0 radical (unpaired) electrons. The van der Waals surface area contributed by atoms with E-state index in [-0.39, 0.29) is 24.1 Å². The molecule has 0 aliphatic rings. The van der Waals surface area contributed by atoms with Crippen LogP contribution in [0.5, 0.6) is 5.75 Å². The highest BCUT2D eigenvalue weighted by molar-refractivity contribution is 5.97. The van der Waals surface area contributed by atoms with Crippen molar-refractivity contribution < 1.29 is 18.7 Å². The molecule has 0 saturated carbocycles. The predicted octanol–water partition coefficient (Wildman–Crippen LogP) is 5.37. The Kier molecular flexibility index (Phi) is 7.53. The first kappa shape index (κ1) is 24.8. The van der Waals surface area contributed by atoms with Crippen molar-refractivity contribution in [2.75, 3.05) is 25.5 Å². The average molecular weight is 487 g/mol. The highest BCUT2D eigenvalue weighted by atomic mass is 16.5. The van der Waals surface area contributed by atoms with E-state index in [0.717, 1.165) is 17.0 Å². The van der Waals surface area contributed by atoms with E-state index >= 15 is 0 Å². The number of anilines is 1. The lowest BCUT2D eigenvalue weighted by atomic mass is 10.0. The van der Waals surface area contributed by atoms with Crippen LogP contribution in [0.4, 0.5) is 5.95 Å². The minimum Gasteiger partial charge on any atom is -0.497 e. The largest absolute Gasteiger partial charge is 0.497 e. The summed E-state index contributed by atoms with van der Waals surface area (Å²) in [4.78, 5) is 31.8. The summed E-state index contributed by atoms with van der Waals surface area (Å²) in [5.74, 6) is 1.01. The molecule has 0 saturated heterocycles. The minimum absolute atomic E-state index is 0.132. The molecule has 0 aliphatic heterocycles. The van der Waals surface area contributed by atoms with Crippen molar-refractivity contribution in [3.63, 3.8) is 0 Å². The molecule has 2 aromatic carbocycles. The van der Waals surface area contributed by atoms with Crippen LogP contribution in [0.25, 0.3) is 16.9 Å². The Labute approximate surface area is 210 Å². The lowest BCUT2D eigenvalue weighted by Crippen LogP contribution is -2.38. The highest BCUT2D eigenvalue weighted by Crippen LogP contribution is 2.27. The Morgan fingerprint density at radius 1 is 1.08 bits per heavy atom. The van der Waals surface area contributed by atoms with Crippen LogP contribution >= 0.6 is 0 Å². The molecule has 0 atom stereocenters. The van der Waals surface area contributed by atoms with Crippen LogP contribution < -0.4 is 10.1 Å². The molecule has 36 heavy (non-hydrogen) atoms. The van der Waals surface area contributed by atoms with E-state index in [0.29, 0.717) is 24.1 Å². The van der Waals surface area contributed by atoms with E-state index in [1.54, 1.807) is 19.2 Å². The Bertz CT molecular complexity index is 1310. The van der Waals surface area contributed by atoms with Crippen molar-refractivity contribution in [2.24, 2.45) is 0 Å². The maximum atomic E-state index is 13.0. The summed E-state index contributed by atoms with van der Waals surface area (Å²) < 4.78 is 12.3. The fraction of sp³-hybridized carbons (Fsp3) is 0.250. The molecular weight excluding hydrogens is 456 g/mol. The number of benzene rings is 2. The van der Waals surface area contributed by atoms with Gasteiger partial charge in [-0.15, -0.1) is 0 Å². The van der Waals surface area contributed by atoms with E-state index in [4.69, 9.17) is 14.1 Å². The minimum atomic E-state index is -0.358. The number of hydrogen-bond donors (Lipinski definition) is 1. The normalized spacial score (nSPS) is 10.9. The van der Waals surface area contributed by atoms with Crippen molar-refractivity contribution in [1.82, 2.24) is 14.5 Å². The topological polar surface area (TPSA) is 89.6 Å². The summed E-state index contributed by atoms with van der Waals surface area (Å²) in [5, 5.41) is 2.89. The smallest absolute Gasteiger partial charge is 0.290 e. The van der Waals surface area contributed by atoms with Crippen molar-refractivity contribution in [3.05, 3.63) is 84.4 Å². The summed E-state index contributed by atoms with van der Waals surface area (Å²) >= 11 is 0. The SMILES string of the molecule is CCN(CC(=O)Nc1nc(-c2ccc(OC)cc2)cn1-c1ccc(C(C)C)cc1)C(=O)c1ccco1. The van der Waals surface area contributed by atoms with Gasteiger partial charge in [0.25, 0.3) is 5.91 Å². The van der Waals surface area contributed by atoms with E-state index in [2.05, 4.69) is 31.3 Å². The van der Waals surface area contributed by atoms with Crippen LogP contribution in [0.2, 0.25) is 0 Å². The number of imidazole rings is 1. The number of carbonyl (C=O) groups is 2. The van der Waals surface area contributed by atoms with E-state index in [9.17, 15) is 9.59 Å². The second kappa shape index (κ2) is 10.9. The molecular formula is C28H30N4O4. The first-order valence-electron chi connectivity index (χ1n) is 11.9. The summed E-state index contributed by atoms with van der Waals surface area (Å²) in [5.41, 5.74) is 3.66. The molecule has 186 valence electrons. The molecule has 0 aliphatic carbocycles. The Hall–Kier alpha value is -4.33. The second-order valence-corrected chi connectivity index (χ2v) is 8.64. The van der Waals surface area contributed by atoms with Gasteiger partial charge < -0.3 is 14.1 Å². The van der Waals surface area contributed by atoms with Gasteiger partial charge in [0, 0.05) is 24.0 Å². The number of nitrogens with zero attached hydrogens (tertiary/aromatic N) is 3. The van der Waals surface area contributed by atoms with Gasteiger partial charge in [0.2, 0.25) is 11.9 Å². The van der Waals surface area contributed by atoms with Crippen LogP contribution in [-0.4, -0.2) is 46.5 Å². The number of likely N-dealkylation sites (N-methyl/N-ethyl adjacent to an activating group) is 1. The summed E-state index contributed by atoms with van der Waals surface area (Å²) in [6.45, 7) is 6.32. The number of carbonyl (C=O) groups excluding carboxylic acids is 2. The molecule has 4 rings (SSSR count). The molecule has 8 nitrogen and oxygen atoms in total. The lowest BCUT2D eigenvalue weighted by molar-refractivity contribution is -0.116. The number of aromatic nitrogens is 2. The Morgan fingerprint density at radius 2 is 1.81 bits per heavy atom. The molecule has 0 bridgehead atoms. The van der Waals surface area contributed by atoms with E-state index < -0.39 is 0 Å². The molecule has 8 heteroatoms. The molecule has 2 heterocycles. The standard InChI is InChI=1S/C28H30N4O4/c1-5-31(27(34)25-7-6-16-36-25)18-26(33)30-28-29-24(21-10-14-23(35-4)15-11-21)17-32(28)22-12-8-20(9-13-22)19(2)3/h6-17,19H,5,18H2,1-4H3,(H,29,30,33). The summed E-state index contributed by atoms with van der Waals surface area (Å²) in [6, 6.07) is 18.9. The third-order valence-corrected chi connectivity index (χ3v) is 5.92. The molecule has 4 aromatic rings. The maximum absolute atomic E-state index is 13.0. The molecule has 0 unspecified atom stereocenters. The first-order chi connectivity index (χ1) is 17.4. The van der Waals surface area contributed by atoms with Gasteiger partial charge in [-0.25, -0.2) is 4.98 Å². The molecule has 1 N–H and O–H groups in total. The zero-order valence-corrected chi connectivity index (χ0v) is 20.9. The van der Waals surface area contributed by atoms with Gasteiger partial charge in [-0.3, -0.25) is 19.5 Å². The third-order valence-electron chi connectivity index (χ3n) is 5.92. The lowest BCUT2D eigenvalue weighted by Gasteiger charge is -2.19. The van der Waals surface area contributed by atoms with Crippen molar-refractivity contribution in [3.8, 4) is 22.7 Å².